The molecule has 0 aliphatic heterocycles. The van der Waals surface area contributed by atoms with Gasteiger partial charge in [-0.2, -0.15) is 0 Å². The summed E-state index contributed by atoms with van der Waals surface area (Å²) in [5, 5.41) is 14.1. The fourth-order valence-electron chi connectivity index (χ4n) is 4.34. The summed E-state index contributed by atoms with van der Waals surface area (Å²) in [6.45, 7) is 7.55. The van der Waals surface area contributed by atoms with Gasteiger partial charge in [0.25, 0.3) is 15.7 Å². The number of nitro benzene ring substituents is 1. The molecule has 3 aromatic carbocycles. The molecular formula is C30H36N4O6S. The fraction of sp³-hybridized carbons (Fsp3) is 0.333. The predicted molar refractivity (Wildman–Crippen MR) is 158 cm³/mol. The maximum absolute atomic E-state index is 14.0. The number of carbonyl (C=O) groups is 2. The Hall–Kier alpha value is -4.25. The molecule has 41 heavy (non-hydrogen) atoms. The number of hydrogen-bond donors (Lipinski definition) is 1. The van der Waals surface area contributed by atoms with Crippen LogP contribution in [0.15, 0.2) is 83.8 Å². The second-order valence-corrected chi connectivity index (χ2v) is 12.0. The summed E-state index contributed by atoms with van der Waals surface area (Å²) >= 11 is 0. The topological polar surface area (TPSA) is 130 Å². The Morgan fingerprint density at radius 3 is 2.20 bits per heavy atom. The van der Waals surface area contributed by atoms with Crippen LogP contribution in [0.3, 0.4) is 0 Å². The van der Waals surface area contributed by atoms with Crippen LogP contribution in [0.25, 0.3) is 0 Å². The summed E-state index contributed by atoms with van der Waals surface area (Å²) in [4.78, 5) is 39.3. The van der Waals surface area contributed by atoms with E-state index < -0.39 is 33.4 Å². The van der Waals surface area contributed by atoms with Crippen molar-refractivity contribution in [1.29, 1.82) is 0 Å². The van der Waals surface area contributed by atoms with E-state index in [2.05, 4.69) is 5.32 Å². The van der Waals surface area contributed by atoms with Crippen molar-refractivity contribution < 1.29 is 22.9 Å². The van der Waals surface area contributed by atoms with Gasteiger partial charge in [-0.25, -0.2) is 8.42 Å². The molecule has 1 atom stereocenters. The number of nitro groups is 1. The summed E-state index contributed by atoms with van der Waals surface area (Å²) in [6, 6.07) is 19.3. The van der Waals surface area contributed by atoms with Gasteiger partial charge in [-0.15, -0.1) is 0 Å². The highest BCUT2D eigenvalue weighted by atomic mass is 32.2. The van der Waals surface area contributed by atoms with Gasteiger partial charge in [-0.1, -0.05) is 68.8 Å². The van der Waals surface area contributed by atoms with E-state index in [0.717, 1.165) is 15.4 Å². The first-order chi connectivity index (χ1) is 19.4. The molecule has 0 bridgehead atoms. The van der Waals surface area contributed by atoms with Gasteiger partial charge in [-0.05, 0) is 49.1 Å². The van der Waals surface area contributed by atoms with E-state index in [1.54, 1.807) is 25.1 Å². The molecule has 0 radical (unpaired) electrons. The number of nitrogens with zero attached hydrogens (tertiary/aromatic N) is 3. The maximum atomic E-state index is 14.0. The summed E-state index contributed by atoms with van der Waals surface area (Å²) in [5.41, 5.74) is 1.64. The number of sulfonamides is 1. The van der Waals surface area contributed by atoms with Crippen molar-refractivity contribution in [1.82, 2.24) is 10.2 Å². The normalized spacial score (nSPS) is 12.0. The molecule has 10 nitrogen and oxygen atoms in total. The van der Waals surface area contributed by atoms with Crippen LogP contribution >= 0.6 is 0 Å². The first-order valence-corrected chi connectivity index (χ1v) is 14.8. The third-order valence-corrected chi connectivity index (χ3v) is 8.25. The minimum Gasteiger partial charge on any atom is -0.354 e. The van der Waals surface area contributed by atoms with Gasteiger partial charge in [0.1, 0.15) is 12.6 Å². The van der Waals surface area contributed by atoms with E-state index in [-0.39, 0.29) is 34.6 Å². The molecule has 1 N–H and O–H groups in total. The molecule has 3 rings (SSSR count). The van der Waals surface area contributed by atoms with Crippen LogP contribution in [0.1, 0.15) is 38.3 Å². The number of rotatable bonds is 13. The SMILES string of the molecule is CC[C@H](C(=O)NCC(C)C)N(Cc1cccc(C)c1)C(=O)CN(c1ccc([N+](=O)[O-])cc1)S(=O)(=O)c1ccccc1. The molecular weight excluding hydrogens is 544 g/mol. The van der Waals surface area contributed by atoms with Gasteiger partial charge in [0.15, 0.2) is 0 Å². The van der Waals surface area contributed by atoms with E-state index in [4.69, 9.17) is 0 Å². The van der Waals surface area contributed by atoms with Crippen LogP contribution in [-0.4, -0.2) is 49.2 Å². The van der Waals surface area contributed by atoms with Crippen LogP contribution in [0.2, 0.25) is 0 Å². The second kappa shape index (κ2) is 13.9. The first-order valence-electron chi connectivity index (χ1n) is 13.4. The molecule has 2 amide bonds. The van der Waals surface area contributed by atoms with Gasteiger partial charge in [0.05, 0.1) is 15.5 Å². The van der Waals surface area contributed by atoms with Crippen molar-refractivity contribution in [3.05, 3.63) is 100 Å². The molecule has 218 valence electrons. The van der Waals surface area contributed by atoms with Crippen molar-refractivity contribution in [2.45, 2.75) is 51.6 Å². The highest BCUT2D eigenvalue weighted by Crippen LogP contribution is 2.26. The number of anilines is 1. The number of hydrogen-bond acceptors (Lipinski definition) is 6. The van der Waals surface area contributed by atoms with E-state index in [1.165, 1.54) is 41.3 Å². The third kappa shape index (κ3) is 8.14. The number of amides is 2. The number of nitrogens with one attached hydrogen (secondary N) is 1. The Kier molecular flexibility index (Phi) is 10.6. The zero-order valence-corrected chi connectivity index (χ0v) is 24.5. The van der Waals surface area contributed by atoms with Crippen molar-refractivity contribution in [2.75, 3.05) is 17.4 Å². The van der Waals surface area contributed by atoms with Crippen molar-refractivity contribution in [2.24, 2.45) is 5.92 Å². The highest BCUT2D eigenvalue weighted by molar-refractivity contribution is 7.92. The summed E-state index contributed by atoms with van der Waals surface area (Å²) in [6.07, 6.45) is 0.310. The van der Waals surface area contributed by atoms with Crippen LogP contribution in [0.5, 0.6) is 0 Å². The Labute approximate surface area is 241 Å². The summed E-state index contributed by atoms with van der Waals surface area (Å²) < 4.78 is 28.5. The smallest absolute Gasteiger partial charge is 0.269 e. The molecule has 0 fully saturated rings. The van der Waals surface area contributed by atoms with Gasteiger partial charge >= 0.3 is 0 Å². The molecule has 0 aliphatic rings. The average Bonchev–Trinajstić information content (AvgIpc) is 2.95. The largest absolute Gasteiger partial charge is 0.354 e. The fourth-order valence-corrected chi connectivity index (χ4v) is 5.77. The quantitative estimate of drug-likeness (QED) is 0.231. The van der Waals surface area contributed by atoms with Crippen molar-refractivity contribution >= 4 is 33.2 Å². The van der Waals surface area contributed by atoms with E-state index in [1.807, 2.05) is 45.0 Å². The maximum Gasteiger partial charge on any atom is 0.269 e. The number of benzene rings is 3. The minimum atomic E-state index is -4.25. The van der Waals surface area contributed by atoms with E-state index in [9.17, 15) is 28.1 Å². The molecule has 0 aromatic heterocycles. The zero-order valence-electron chi connectivity index (χ0n) is 23.7. The van der Waals surface area contributed by atoms with Gasteiger partial charge < -0.3 is 10.2 Å². The van der Waals surface area contributed by atoms with Crippen LogP contribution in [0, 0.1) is 23.0 Å². The molecule has 0 heterocycles. The summed E-state index contributed by atoms with van der Waals surface area (Å²) in [7, 11) is -4.25. The Morgan fingerprint density at radius 2 is 1.63 bits per heavy atom. The van der Waals surface area contributed by atoms with Gasteiger partial charge in [0.2, 0.25) is 11.8 Å². The average molecular weight is 581 g/mol. The molecule has 3 aromatic rings. The van der Waals surface area contributed by atoms with E-state index in [0.29, 0.717) is 13.0 Å². The summed E-state index contributed by atoms with van der Waals surface area (Å²) in [5.74, 6) is -0.711. The first kappa shape index (κ1) is 31.3. The van der Waals surface area contributed by atoms with Crippen LogP contribution in [0.4, 0.5) is 11.4 Å². The number of non-ortho nitro benzene ring substituents is 1. The van der Waals surface area contributed by atoms with Crippen molar-refractivity contribution in [3.63, 3.8) is 0 Å². The molecule has 0 saturated carbocycles. The Balaban J connectivity index is 2.05. The highest BCUT2D eigenvalue weighted by Gasteiger charge is 2.33. The Morgan fingerprint density at radius 1 is 0.976 bits per heavy atom. The lowest BCUT2D eigenvalue weighted by atomic mass is 10.1. The number of aryl methyl sites for hydroxylation is 1. The molecule has 11 heteroatoms. The lowest BCUT2D eigenvalue weighted by Crippen LogP contribution is -2.52. The second-order valence-electron chi connectivity index (χ2n) is 10.2. The Bertz CT molecular complexity index is 1460. The molecule has 0 spiro atoms. The predicted octanol–water partition coefficient (Wildman–Crippen LogP) is 4.68. The zero-order chi connectivity index (χ0) is 30.2. The number of carbonyl (C=O) groups excluding carboxylic acids is 2. The minimum absolute atomic E-state index is 0.0434. The molecule has 0 unspecified atom stereocenters. The van der Waals surface area contributed by atoms with Gasteiger partial charge in [0, 0.05) is 25.2 Å². The molecule has 0 aliphatic carbocycles. The van der Waals surface area contributed by atoms with Crippen LogP contribution in [-0.2, 0) is 26.2 Å². The van der Waals surface area contributed by atoms with Crippen molar-refractivity contribution in [3.8, 4) is 0 Å². The third-order valence-electron chi connectivity index (χ3n) is 6.46. The monoisotopic (exact) mass is 580 g/mol. The van der Waals surface area contributed by atoms with E-state index >= 15 is 0 Å². The van der Waals surface area contributed by atoms with Gasteiger partial charge in [-0.3, -0.25) is 24.0 Å². The standard InChI is InChI=1S/C30H36N4O6S/c1-5-28(30(36)31-19-22(2)3)32(20-24-11-9-10-23(4)18-24)29(35)21-33(25-14-16-26(17-15-25)34(37)38)41(39,40)27-12-7-6-8-13-27/h6-18,22,28H,5,19-21H2,1-4H3,(H,31,36)/t28-/m1/s1. The lowest BCUT2D eigenvalue weighted by molar-refractivity contribution is -0.384. The van der Waals surface area contributed by atoms with Crippen LogP contribution < -0.4 is 9.62 Å². The lowest BCUT2D eigenvalue weighted by Gasteiger charge is -2.33. The molecule has 0 saturated heterocycles.